The van der Waals surface area contributed by atoms with Crippen LogP contribution in [-0.2, 0) is 16.0 Å². The predicted molar refractivity (Wildman–Crippen MR) is 92.8 cm³/mol. The first-order valence-corrected chi connectivity index (χ1v) is 7.90. The zero-order valence-corrected chi connectivity index (χ0v) is 14.5. The second kappa shape index (κ2) is 8.84. The van der Waals surface area contributed by atoms with E-state index in [1.807, 2.05) is 0 Å². The number of ether oxygens (including phenoxy) is 2. The molecule has 2 aromatic rings. The van der Waals surface area contributed by atoms with Crippen LogP contribution in [0.15, 0.2) is 42.5 Å². The Bertz CT molecular complexity index is 776. The summed E-state index contributed by atoms with van der Waals surface area (Å²) in [6.07, 6.45) is -0.329. The van der Waals surface area contributed by atoms with Crippen LogP contribution < -0.4 is 14.8 Å². The van der Waals surface area contributed by atoms with Crippen LogP contribution in [-0.4, -0.2) is 31.2 Å². The number of hydrogen-bond acceptors (Lipinski definition) is 4. The van der Waals surface area contributed by atoms with Crippen LogP contribution in [0.1, 0.15) is 23.6 Å². The van der Waals surface area contributed by atoms with Crippen molar-refractivity contribution in [2.45, 2.75) is 18.9 Å². The number of methoxy groups -OCH3 is 2. The van der Waals surface area contributed by atoms with Crippen LogP contribution in [0.3, 0.4) is 0 Å². The number of carboxylic acid groups (broad SMARTS) is 1. The first kappa shape index (κ1) is 19.2. The molecule has 2 N–H and O–H groups in total. The molecule has 0 bridgehead atoms. The zero-order chi connectivity index (χ0) is 19.1. The van der Waals surface area contributed by atoms with Gasteiger partial charge in [0, 0.05) is 5.56 Å². The molecule has 0 aliphatic heterocycles. The molecule has 1 amide bonds. The van der Waals surface area contributed by atoms with E-state index in [-0.39, 0.29) is 18.7 Å². The number of carbonyl (C=O) groups excluding carboxylic acids is 1. The van der Waals surface area contributed by atoms with Gasteiger partial charge in [-0.05, 0) is 35.9 Å². The summed E-state index contributed by atoms with van der Waals surface area (Å²) in [5.41, 5.74) is 1.12. The second-order valence-electron chi connectivity index (χ2n) is 5.62. The van der Waals surface area contributed by atoms with Gasteiger partial charge in [0.15, 0.2) is 0 Å². The van der Waals surface area contributed by atoms with E-state index >= 15 is 0 Å². The zero-order valence-electron chi connectivity index (χ0n) is 14.5. The Kier molecular flexibility index (Phi) is 6.54. The molecule has 2 aromatic carbocycles. The summed E-state index contributed by atoms with van der Waals surface area (Å²) in [7, 11) is 3.01. The predicted octanol–water partition coefficient (Wildman–Crippen LogP) is 2.72. The van der Waals surface area contributed by atoms with Crippen molar-refractivity contribution in [1.29, 1.82) is 0 Å². The smallest absolute Gasteiger partial charge is 0.305 e. The number of halogens is 1. The van der Waals surface area contributed by atoms with E-state index in [1.54, 1.807) is 18.2 Å². The monoisotopic (exact) mass is 361 g/mol. The number of rotatable bonds is 8. The molecule has 1 atom stereocenters. The van der Waals surface area contributed by atoms with Gasteiger partial charge in [0.2, 0.25) is 5.91 Å². The molecule has 0 heterocycles. The molecule has 0 saturated heterocycles. The summed E-state index contributed by atoms with van der Waals surface area (Å²) < 4.78 is 23.5. The normalized spacial score (nSPS) is 11.5. The highest BCUT2D eigenvalue weighted by Gasteiger charge is 2.19. The fourth-order valence-electron chi connectivity index (χ4n) is 2.56. The van der Waals surface area contributed by atoms with Crippen molar-refractivity contribution in [1.82, 2.24) is 5.32 Å². The van der Waals surface area contributed by atoms with Crippen LogP contribution in [0, 0.1) is 5.82 Å². The fourth-order valence-corrected chi connectivity index (χ4v) is 2.56. The lowest BCUT2D eigenvalue weighted by Crippen LogP contribution is -2.31. The van der Waals surface area contributed by atoms with Crippen molar-refractivity contribution in [3.63, 3.8) is 0 Å². The van der Waals surface area contributed by atoms with Crippen LogP contribution in [0.2, 0.25) is 0 Å². The lowest BCUT2D eigenvalue weighted by atomic mass is 10.0. The molecule has 1 unspecified atom stereocenters. The third-order valence-corrected chi connectivity index (χ3v) is 3.82. The molecule has 0 aliphatic rings. The van der Waals surface area contributed by atoms with Crippen molar-refractivity contribution >= 4 is 11.9 Å². The van der Waals surface area contributed by atoms with Crippen LogP contribution in [0.4, 0.5) is 4.39 Å². The number of amides is 1. The summed E-state index contributed by atoms with van der Waals surface area (Å²) in [5.74, 6) is -0.785. The van der Waals surface area contributed by atoms with Gasteiger partial charge in [0.25, 0.3) is 0 Å². The maximum absolute atomic E-state index is 13.1. The van der Waals surface area contributed by atoms with Crippen LogP contribution in [0.5, 0.6) is 11.5 Å². The topological polar surface area (TPSA) is 84.9 Å². The van der Waals surface area contributed by atoms with E-state index in [0.717, 1.165) is 0 Å². The third-order valence-electron chi connectivity index (χ3n) is 3.82. The minimum absolute atomic E-state index is 0.0162. The first-order chi connectivity index (χ1) is 12.4. The van der Waals surface area contributed by atoms with Crippen molar-refractivity contribution in [2.24, 2.45) is 0 Å². The van der Waals surface area contributed by atoms with Gasteiger partial charge in [-0.3, -0.25) is 9.59 Å². The van der Waals surface area contributed by atoms with E-state index in [1.165, 1.54) is 38.5 Å². The molecule has 0 spiro atoms. The first-order valence-electron chi connectivity index (χ1n) is 7.90. The number of hydrogen-bond donors (Lipinski definition) is 2. The minimum Gasteiger partial charge on any atom is -0.497 e. The van der Waals surface area contributed by atoms with Gasteiger partial charge in [0.05, 0.1) is 33.1 Å². The molecule has 7 heteroatoms. The van der Waals surface area contributed by atoms with Crippen molar-refractivity contribution in [3.05, 3.63) is 59.4 Å². The number of benzene rings is 2. The largest absolute Gasteiger partial charge is 0.497 e. The molecule has 0 aliphatic carbocycles. The highest BCUT2D eigenvalue weighted by Crippen LogP contribution is 2.25. The molecule has 0 aromatic heterocycles. The van der Waals surface area contributed by atoms with E-state index in [2.05, 4.69) is 5.32 Å². The van der Waals surface area contributed by atoms with E-state index in [4.69, 9.17) is 14.6 Å². The summed E-state index contributed by atoms with van der Waals surface area (Å²) in [6, 6.07) is 9.68. The van der Waals surface area contributed by atoms with E-state index in [0.29, 0.717) is 22.6 Å². The number of carbonyl (C=O) groups is 2. The SMILES string of the molecule is COc1ccc(OC)c(CC(=O)NC(CC(=O)O)c2ccc(F)cc2)c1. The molecule has 0 saturated carbocycles. The average Bonchev–Trinajstić information content (AvgIpc) is 2.61. The van der Waals surface area contributed by atoms with Crippen LogP contribution in [0.25, 0.3) is 0 Å². The molecular weight excluding hydrogens is 341 g/mol. The van der Waals surface area contributed by atoms with Gasteiger partial charge in [-0.25, -0.2) is 4.39 Å². The summed E-state index contributed by atoms with van der Waals surface area (Å²) in [4.78, 5) is 23.5. The Balaban J connectivity index is 2.17. The van der Waals surface area contributed by atoms with Gasteiger partial charge in [-0.15, -0.1) is 0 Å². The molecule has 138 valence electrons. The van der Waals surface area contributed by atoms with Crippen LogP contribution >= 0.6 is 0 Å². The van der Waals surface area contributed by atoms with Crippen molar-refractivity contribution < 1.29 is 28.6 Å². The quantitative estimate of drug-likeness (QED) is 0.755. The summed E-state index contributed by atoms with van der Waals surface area (Å²) in [5, 5.41) is 11.8. The Hall–Kier alpha value is -3.09. The fraction of sp³-hybridized carbons (Fsp3) is 0.263. The molecule has 26 heavy (non-hydrogen) atoms. The lowest BCUT2D eigenvalue weighted by Gasteiger charge is -2.18. The third kappa shape index (κ3) is 5.20. The number of carboxylic acids is 1. The molecule has 6 nitrogen and oxygen atoms in total. The Morgan fingerprint density at radius 2 is 1.81 bits per heavy atom. The molecule has 0 fully saturated rings. The van der Waals surface area contributed by atoms with E-state index in [9.17, 15) is 14.0 Å². The lowest BCUT2D eigenvalue weighted by molar-refractivity contribution is -0.137. The highest BCUT2D eigenvalue weighted by atomic mass is 19.1. The van der Waals surface area contributed by atoms with Gasteiger partial charge in [-0.2, -0.15) is 0 Å². The Morgan fingerprint density at radius 3 is 2.38 bits per heavy atom. The Morgan fingerprint density at radius 1 is 1.12 bits per heavy atom. The molecular formula is C19H20FNO5. The van der Waals surface area contributed by atoms with Gasteiger partial charge in [0.1, 0.15) is 17.3 Å². The average molecular weight is 361 g/mol. The maximum Gasteiger partial charge on any atom is 0.305 e. The van der Waals surface area contributed by atoms with Gasteiger partial charge in [-0.1, -0.05) is 12.1 Å². The number of aliphatic carboxylic acids is 1. The Labute approximate surface area is 150 Å². The van der Waals surface area contributed by atoms with Crippen molar-refractivity contribution in [3.8, 4) is 11.5 Å². The minimum atomic E-state index is -1.07. The summed E-state index contributed by atoms with van der Waals surface area (Å²) in [6.45, 7) is 0. The number of nitrogens with one attached hydrogen (secondary N) is 1. The summed E-state index contributed by atoms with van der Waals surface area (Å²) >= 11 is 0. The van der Waals surface area contributed by atoms with Crippen molar-refractivity contribution in [2.75, 3.05) is 14.2 Å². The van der Waals surface area contributed by atoms with E-state index < -0.39 is 17.8 Å². The second-order valence-corrected chi connectivity index (χ2v) is 5.62. The van der Waals surface area contributed by atoms with Gasteiger partial charge < -0.3 is 19.9 Å². The standard InChI is InChI=1S/C19H20FNO5/c1-25-15-7-8-17(26-2)13(9-15)10-18(22)21-16(11-19(23)24)12-3-5-14(20)6-4-12/h3-9,16H,10-11H2,1-2H3,(H,21,22)(H,23,24). The molecule has 2 rings (SSSR count). The maximum atomic E-state index is 13.1. The molecule has 0 radical (unpaired) electrons. The highest BCUT2D eigenvalue weighted by molar-refractivity contribution is 5.80. The van der Waals surface area contributed by atoms with Gasteiger partial charge >= 0.3 is 5.97 Å².